The summed E-state index contributed by atoms with van der Waals surface area (Å²) in [5.41, 5.74) is 3.90. The number of benzene rings is 2. The van der Waals surface area contributed by atoms with Crippen LogP contribution in [0.4, 0.5) is 5.13 Å². The van der Waals surface area contributed by atoms with Gasteiger partial charge >= 0.3 is 0 Å². The molecule has 5 rings (SSSR count). The predicted molar refractivity (Wildman–Crippen MR) is 113 cm³/mol. The molecule has 1 saturated heterocycles. The Labute approximate surface area is 167 Å². The Morgan fingerprint density at radius 2 is 2.04 bits per heavy atom. The molecule has 0 bridgehead atoms. The SMILES string of the molecule is COc1ccc2nc(NC(=O)C3=CC4(CCNCC4)c4ccccc43)sc2c1. The van der Waals surface area contributed by atoms with Crippen molar-refractivity contribution in [1.29, 1.82) is 0 Å². The van der Waals surface area contributed by atoms with Gasteiger partial charge in [0, 0.05) is 11.0 Å². The van der Waals surface area contributed by atoms with E-state index in [0.717, 1.165) is 53.0 Å². The molecule has 6 heteroatoms. The van der Waals surface area contributed by atoms with Crippen molar-refractivity contribution in [2.24, 2.45) is 0 Å². The lowest BCUT2D eigenvalue weighted by molar-refractivity contribution is -0.111. The van der Waals surface area contributed by atoms with Crippen molar-refractivity contribution in [3.63, 3.8) is 0 Å². The molecule has 1 fully saturated rings. The largest absolute Gasteiger partial charge is 0.497 e. The van der Waals surface area contributed by atoms with Gasteiger partial charge in [-0.05, 0) is 55.3 Å². The van der Waals surface area contributed by atoms with Gasteiger partial charge in [-0.1, -0.05) is 41.7 Å². The monoisotopic (exact) mass is 391 g/mol. The van der Waals surface area contributed by atoms with Crippen molar-refractivity contribution < 1.29 is 9.53 Å². The topological polar surface area (TPSA) is 63.2 Å². The van der Waals surface area contributed by atoms with E-state index in [4.69, 9.17) is 4.74 Å². The van der Waals surface area contributed by atoms with Gasteiger partial charge < -0.3 is 10.1 Å². The van der Waals surface area contributed by atoms with Crippen LogP contribution in [0, 0.1) is 0 Å². The van der Waals surface area contributed by atoms with Crippen LogP contribution in [0.15, 0.2) is 48.5 Å². The average Bonchev–Trinajstić information content (AvgIpc) is 3.27. The minimum atomic E-state index is -0.0890. The molecule has 2 aromatic carbocycles. The summed E-state index contributed by atoms with van der Waals surface area (Å²) < 4.78 is 6.27. The minimum absolute atomic E-state index is 0.0323. The van der Waals surface area contributed by atoms with Crippen LogP contribution in [0.25, 0.3) is 15.8 Å². The summed E-state index contributed by atoms with van der Waals surface area (Å²) in [5.74, 6) is 0.697. The van der Waals surface area contributed by atoms with E-state index in [9.17, 15) is 4.79 Å². The van der Waals surface area contributed by atoms with E-state index in [2.05, 4.69) is 39.9 Å². The highest BCUT2D eigenvalue weighted by Gasteiger charge is 2.40. The fraction of sp³-hybridized carbons (Fsp3) is 0.273. The number of amides is 1. The number of rotatable bonds is 3. The first-order chi connectivity index (χ1) is 13.7. The van der Waals surface area contributed by atoms with Crippen molar-refractivity contribution in [1.82, 2.24) is 10.3 Å². The number of hydrogen-bond acceptors (Lipinski definition) is 5. The Morgan fingerprint density at radius 3 is 2.86 bits per heavy atom. The molecule has 0 saturated carbocycles. The maximum absolute atomic E-state index is 13.2. The summed E-state index contributed by atoms with van der Waals surface area (Å²) in [4.78, 5) is 17.7. The number of nitrogens with zero attached hydrogens (tertiary/aromatic N) is 1. The van der Waals surface area contributed by atoms with E-state index >= 15 is 0 Å². The van der Waals surface area contributed by atoms with Crippen molar-refractivity contribution in [2.75, 3.05) is 25.5 Å². The van der Waals surface area contributed by atoms with E-state index in [1.807, 2.05) is 24.3 Å². The van der Waals surface area contributed by atoms with E-state index in [0.29, 0.717) is 5.13 Å². The normalized spacial score (nSPS) is 17.4. The Bertz CT molecular complexity index is 1100. The fourth-order valence-electron chi connectivity index (χ4n) is 4.31. The Hall–Kier alpha value is -2.70. The number of ether oxygens (including phenoxy) is 1. The van der Waals surface area contributed by atoms with Crippen LogP contribution in [-0.2, 0) is 10.2 Å². The van der Waals surface area contributed by atoms with Gasteiger partial charge in [0.15, 0.2) is 5.13 Å². The molecule has 0 atom stereocenters. The third-order valence-corrected chi connectivity index (χ3v) is 6.66. The maximum atomic E-state index is 13.2. The molecule has 0 unspecified atom stereocenters. The summed E-state index contributed by atoms with van der Waals surface area (Å²) in [6.07, 6.45) is 4.22. The molecule has 142 valence electrons. The second kappa shape index (κ2) is 6.72. The summed E-state index contributed by atoms with van der Waals surface area (Å²) in [7, 11) is 1.64. The molecule has 2 aliphatic rings. The van der Waals surface area contributed by atoms with Crippen LogP contribution >= 0.6 is 11.3 Å². The molecule has 28 heavy (non-hydrogen) atoms. The summed E-state index contributed by atoms with van der Waals surface area (Å²) in [6, 6.07) is 14.0. The molecule has 2 heterocycles. The highest BCUT2D eigenvalue weighted by atomic mass is 32.1. The van der Waals surface area contributed by atoms with Gasteiger partial charge in [-0.25, -0.2) is 4.98 Å². The lowest BCUT2D eigenvalue weighted by Crippen LogP contribution is -2.37. The number of methoxy groups -OCH3 is 1. The number of carbonyl (C=O) groups excluding carboxylic acids is 1. The van der Waals surface area contributed by atoms with E-state index in [1.54, 1.807) is 7.11 Å². The number of hydrogen-bond donors (Lipinski definition) is 2. The number of fused-ring (bicyclic) bond motifs is 3. The second-order valence-electron chi connectivity index (χ2n) is 7.32. The first-order valence-electron chi connectivity index (χ1n) is 9.48. The van der Waals surface area contributed by atoms with Gasteiger partial charge in [0.05, 0.1) is 17.3 Å². The van der Waals surface area contributed by atoms with Gasteiger partial charge in [-0.2, -0.15) is 0 Å². The molecule has 0 radical (unpaired) electrons. The number of thiazole rings is 1. The number of allylic oxidation sites excluding steroid dienone is 1. The lowest BCUT2D eigenvalue weighted by atomic mass is 9.75. The van der Waals surface area contributed by atoms with Gasteiger partial charge in [0.2, 0.25) is 0 Å². The van der Waals surface area contributed by atoms with Crippen LogP contribution in [0.2, 0.25) is 0 Å². The van der Waals surface area contributed by atoms with E-state index in [-0.39, 0.29) is 11.3 Å². The standard InChI is InChI=1S/C22H21N3O2S/c1-27-14-6-7-18-19(12-14)28-21(24-18)25-20(26)16-13-22(8-10-23-11-9-22)17-5-3-2-4-15(16)17/h2-7,12-13,23H,8-11H2,1H3,(H,24,25,26). The van der Waals surface area contributed by atoms with Crippen molar-refractivity contribution in [3.05, 3.63) is 59.7 Å². The second-order valence-corrected chi connectivity index (χ2v) is 8.35. The molecule has 2 N–H and O–H groups in total. The Kier molecular flexibility index (Phi) is 4.18. The van der Waals surface area contributed by atoms with Crippen molar-refractivity contribution in [2.45, 2.75) is 18.3 Å². The molecular weight excluding hydrogens is 370 g/mol. The van der Waals surface area contributed by atoms with E-state index in [1.165, 1.54) is 16.9 Å². The van der Waals surface area contributed by atoms with Crippen molar-refractivity contribution in [3.8, 4) is 5.75 Å². The highest BCUT2D eigenvalue weighted by molar-refractivity contribution is 7.22. The van der Waals surface area contributed by atoms with Crippen LogP contribution < -0.4 is 15.4 Å². The molecule has 1 amide bonds. The maximum Gasteiger partial charge on any atom is 0.257 e. The fourth-order valence-corrected chi connectivity index (χ4v) is 5.20. The lowest BCUT2D eigenvalue weighted by Gasteiger charge is -2.33. The quantitative estimate of drug-likeness (QED) is 0.709. The molecule has 1 aliphatic carbocycles. The van der Waals surface area contributed by atoms with Gasteiger partial charge in [-0.15, -0.1) is 0 Å². The van der Waals surface area contributed by atoms with Crippen LogP contribution in [-0.4, -0.2) is 31.1 Å². The highest BCUT2D eigenvalue weighted by Crippen LogP contribution is 2.46. The molecule has 5 nitrogen and oxygen atoms in total. The van der Waals surface area contributed by atoms with Crippen molar-refractivity contribution >= 4 is 38.2 Å². The van der Waals surface area contributed by atoms with Gasteiger partial charge in [0.25, 0.3) is 5.91 Å². The number of aromatic nitrogens is 1. The van der Waals surface area contributed by atoms with Crippen LogP contribution in [0.5, 0.6) is 5.75 Å². The Morgan fingerprint density at radius 1 is 1.21 bits per heavy atom. The van der Waals surface area contributed by atoms with Crippen LogP contribution in [0.1, 0.15) is 24.0 Å². The summed E-state index contributed by atoms with van der Waals surface area (Å²) >= 11 is 1.46. The third-order valence-electron chi connectivity index (χ3n) is 5.73. The van der Waals surface area contributed by atoms with E-state index < -0.39 is 0 Å². The number of carbonyl (C=O) groups is 1. The molecule has 1 spiro atoms. The van der Waals surface area contributed by atoms with Gasteiger partial charge in [0.1, 0.15) is 5.75 Å². The zero-order valence-electron chi connectivity index (χ0n) is 15.6. The molecule has 3 aromatic rings. The Balaban J connectivity index is 1.47. The van der Waals surface area contributed by atoms with Gasteiger partial charge in [-0.3, -0.25) is 10.1 Å². The molecule has 1 aliphatic heterocycles. The first kappa shape index (κ1) is 17.4. The number of nitrogens with one attached hydrogen (secondary N) is 2. The first-order valence-corrected chi connectivity index (χ1v) is 10.3. The zero-order valence-corrected chi connectivity index (χ0v) is 16.4. The summed E-state index contributed by atoms with van der Waals surface area (Å²) in [5, 5.41) is 7.05. The zero-order chi connectivity index (χ0) is 19.1. The number of piperidine rings is 1. The third kappa shape index (κ3) is 2.80. The minimum Gasteiger partial charge on any atom is -0.497 e. The number of anilines is 1. The van der Waals surface area contributed by atoms with Crippen LogP contribution in [0.3, 0.4) is 0 Å². The predicted octanol–water partition coefficient (Wildman–Crippen LogP) is 3.96. The average molecular weight is 391 g/mol. The molecule has 1 aromatic heterocycles. The summed E-state index contributed by atoms with van der Waals surface area (Å²) in [6.45, 7) is 1.94. The molecular formula is C22H21N3O2S. The smallest absolute Gasteiger partial charge is 0.257 e.